The maximum Gasteiger partial charge on any atom is 0.324 e. The zero-order valence-electron chi connectivity index (χ0n) is 22.0. The lowest BCUT2D eigenvalue weighted by atomic mass is 10.2. The zero-order chi connectivity index (χ0) is 30.5. The van der Waals surface area contributed by atoms with Gasteiger partial charge in [0.2, 0.25) is 5.95 Å². The minimum atomic E-state index is -4.01. The minimum Gasteiger partial charge on any atom is -0.383 e. The third-order valence-electron chi connectivity index (χ3n) is 6.95. The van der Waals surface area contributed by atoms with Crippen molar-refractivity contribution in [3.05, 3.63) is 28.9 Å². The number of nitrogen functional groups attached to an aromatic ring is 2. The van der Waals surface area contributed by atoms with Gasteiger partial charge >= 0.3 is 13.4 Å². The van der Waals surface area contributed by atoms with E-state index in [4.69, 9.17) is 46.3 Å². The molecule has 234 valence electrons. The van der Waals surface area contributed by atoms with E-state index in [-0.39, 0.29) is 37.1 Å². The summed E-state index contributed by atoms with van der Waals surface area (Å²) in [4.78, 5) is 57.1. The summed E-state index contributed by atoms with van der Waals surface area (Å²) in [6, 6.07) is 1.73. The highest BCUT2D eigenvalue weighted by molar-refractivity contribution is 8.07. The fourth-order valence-corrected chi connectivity index (χ4v) is 7.06. The molecule has 3 aromatic rings. The predicted molar refractivity (Wildman–Crippen MR) is 159 cm³/mol. The smallest absolute Gasteiger partial charge is 0.324 e. The van der Waals surface area contributed by atoms with Crippen LogP contribution < -0.4 is 33.0 Å². The number of nitrogens with one attached hydrogen (secondary N) is 3. The summed E-state index contributed by atoms with van der Waals surface area (Å²) in [5.41, 5.74) is 17.5. The Kier molecular flexibility index (Phi) is 8.46. The number of nitrogens with two attached hydrogens (primary N) is 2. The first-order valence-electron chi connectivity index (χ1n) is 12.8. The lowest BCUT2D eigenvalue weighted by molar-refractivity contribution is -0.0397. The van der Waals surface area contributed by atoms with Crippen LogP contribution in [0.4, 0.5) is 23.3 Å². The summed E-state index contributed by atoms with van der Waals surface area (Å²) in [6.07, 6.45) is 0.874. The summed E-state index contributed by atoms with van der Waals surface area (Å²) < 4.78 is 30.4. The van der Waals surface area contributed by atoms with Crippen LogP contribution in [0, 0.1) is 0 Å². The van der Waals surface area contributed by atoms with Crippen LogP contribution in [-0.2, 0) is 46.7 Å². The van der Waals surface area contributed by atoms with Crippen LogP contribution in [0.5, 0.6) is 0 Å². The Balaban J connectivity index is 1.09. The van der Waals surface area contributed by atoms with Gasteiger partial charge in [0.15, 0.2) is 11.5 Å². The standard InChI is InChI=1S/C20H28N10O9P2S2/c21-16-10-3-4-29(17(10)24-8-23-16)14-5-11(12(38-14)7-35-40(32,33)42)39-41(34,43)36-6-9-1-2-13(37-9)30-18-15(27-28-30)19(31)26-20(22)25-18/h3-4,8-9,11-14,27-28H,1-2,5-7H2,(H,34,43)(H2,21,23,24)(H2,32,33,42)(H3,22,25,26,31)/t9-,11-,12+,13+,14+,41?/m0/s1. The third-order valence-corrected chi connectivity index (χ3v) is 9.34. The lowest BCUT2D eigenvalue weighted by Crippen LogP contribution is -2.44. The van der Waals surface area contributed by atoms with E-state index in [2.05, 4.69) is 42.7 Å². The van der Waals surface area contributed by atoms with Crippen LogP contribution >= 0.6 is 13.4 Å². The Labute approximate surface area is 252 Å². The molecule has 43 heavy (non-hydrogen) atoms. The normalized spacial score (nSPS) is 27.0. The molecule has 23 heteroatoms. The van der Waals surface area contributed by atoms with E-state index in [0.29, 0.717) is 29.7 Å². The summed E-state index contributed by atoms with van der Waals surface area (Å²) >= 11 is 9.86. The first kappa shape index (κ1) is 30.7. The number of rotatable bonds is 10. The minimum absolute atomic E-state index is 0.0438. The van der Waals surface area contributed by atoms with Crippen LogP contribution in [0.3, 0.4) is 0 Å². The van der Waals surface area contributed by atoms with Crippen molar-refractivity contribution >= 4 is 71.4 Å². The van der Waals surface area contributed by atoms with Gasteiger partial charge in [-0.1, -0.05) is 0 Å². The number of H-pyrrole nitrogens is 1. The van der Waals surface area contributed by atoms with Crippen LogP contribution in [0.25, 0.3) is 11.0 Å². The Morgan fingerprint density at radius 2 is 1.93 bits per heavy atom. The molecular weight excluding hydrogens is 650 g/mol. The molecule has 0 spiro atoms. The number of hydrogen-bond acceptors (Lipinski definition) is 16. The summed E-state index contributed by atoms with van der Waals surface area (Å²) in [6.45, 7) is -8.30. The molecule has 3 aliphatic heterocycles. The second-order valence-electron chi connectivity index (χ2n) is 9.83. The molecule has 2 saturated heterocycles. The van der Waals surface area contributed by atoms with Crippen LogP contribution in [0.2, 0.25) is 0 Å². The monoisotopic (exact) mass is 678 g/mol. The van der Waals surface area contributed by atoms with Gasteiger partial charge in [0, 0.05) is 12.6 Å². The van der Waals surface area contributed by atoms with E-state index in [0.717, 1.165) is 0 Å². The topological polar surface area (TPSA) is 263 Å². The number of hydrazine groups is 2. The molecule has 3 aliphatic rings. The second kappa shape index (κ2) is 11.9. The molecule has 6 atom stereocenters. The molecule has 0 aliphatic carbocycles. The molecule has 0 aromatic carbocycles. The van der Waals surface area contributed by atoms with Crippen molar-refractivity contribution < 1.29 is 37.7 Å². The molecular formula is C20H28N10O9P2S2. The van der Waals surface area contributed by atoms with E-state index in [1.54, 1.807) is 21.8 Å². The lowest BCUT2D eigenvalue weighted by Gasteiger charge is -2.26. The van der Waals surface area contributed by atoms with Gasteiger partial charge in [-0.3, -0.25) is 15.2 Å². The highest BCUT2D eigenvalue weighted by atomic mass is 32.5. The van der Waals surface area contributed by atoms with Crippen molar-refractivity contribution in [3.8, 4) is 0 Å². The third kappa shape index (κ3) is 6.69. The molecule has 6 heterocycles. The Hall–Kier alpha value is -2.36. The van der Waals surface area contributed by atoms with E-state index in [1.807, 2.05) is 0 Å². The van der Waals surface area contributed by atoms with Crippen molar-refractivity contribution in [2.75, 3.05) is 35.1 Å². The summed E-state index contributed by atoms with van der Waals surface area (Å²) in [5.74, 6) is 0.535. The van der Waals surface area contributed by atoms with Gasteiger partial charge in [-0.2, -0.15) is 4.98 Å². The quantitative estimate of drug-likeness (QED) is 0.128. The van der Waals surface area contributed by atoms with Gasteiger partial charge in [-0.25, -0.2) is 15.0 Å². The maximum atomic E-state index is 12.1. The Bertz CT molecular complexity index is 1670. The molecule has 19 nitrogen and oxygen atoms in total. The molecule has 0 bridgehead atoms. The van der Waals surface area contributed by atoms with Gasteiger partial charge in [0.1, 0.15) is 36.4 Å². The molecule has 0 radical (unpaired) electrons. The van der Waals surface area contributed by atoms with Crippen molar-refractivity contribution in [1.29, 1.82) is 0 Å². The van der Waals surface area contributed by atoms with E-state index in [9.17, 15) is 19.5 Å². The first-order valence-corrected chi connectivity index (χ1v) is 18.0. The zero-order valence-corrected chi connectivity index (χ0v) is 25.5. The number of fused-ring (bicyclic) bond motifs is 2. The van der Waals surface area contributed by atoms with Gasteiger partial charge in [0.05, 0.1) is 30.8 Å². The molecule has 2 fully saturated rings. The van der Waals surface area contributed by atoms with E-state index < -0.39 is 49.8 Å². The van der Waals surface area contributed by atoms with E-state index >= 15 is 0 Å². The summed E-state index contributed by atoms with van der Waals surface area (Å²) in [7, 11) is 0. The van der Waals surface area contributed by atoms with Crippen molar-refractivity contribution in [2.24, 2.45) is 0 Å². The Morgan fingerprint density at radius 3 is 2.72 bits per heavy atom. The van der Waals surface area contributed by atoms with Gasteiger partial charge < -0.3 is 53.8 Å². The largest absolute Gasteiger partial charge is 0.383 e. The molecule has 0 amide bonds. The predicted octanol–water partition coefficient (Wildman–Crippen LogP) is -0.332. The maximum absolute atomic E-state index is 12.1. The van der Waals surface area contributed by atoms with E-state index in [1.165, 1.54) is 6.33 Å². The van der Waals surface area contributed by atoms with Gasteiger partial charge in [-0.15, -0.1) is 5.53 Å². The highest BCUT2D eigenvalue weighted by Crippen LogP contribution is 2.50. The first-order chi connectivity index (χ1) is 20.4. The van der Waals surface area contributed by atoms with Crippen LogP contribution in [-0.4, -0.2) is 76.9 Å². The second-order valence-corrected chi connectivity index (χ2v) is 15.3. The number of hydrogen-bond donors (Lipinski definition) is 8. The fourth-order valence-electron chi connectivity index (χ4n) is 5.05. The number of anilines is 4. The average molecular weight is 679 g/mol. The molecule has 3 aromatic heterocycles. The number of ether oxygens (including phenoxy) is 2. The summed E-state index contributed by atoms with van der Waals surface area (Å²) in [5, 5.41) is 2.16. The average Bonchev–Trinajstić information content (AvgIpc) is 3.71. The van der Waals surface area contributed by atoms with Crippen molar-refractivity contribution in [3.63, 3.8) is 0 Å². The molecule has 1 unspecified atom stereocenters. The SMILES string of the molecule is Nc1nc2c(c(=O)[nH]1)NNN2[C@H]1CC[C@@H](COP(O)(=S)O[C@H]2C[C@H](n3ccc4c(N)ncnc43)O[C@@H]2COP(O)(O)=S)O1. The molecule has 0 saturated carbocycles. The number of nitrogens with zero attached hydrogens (tertiary/aromatic N) is 5. The molecule has 10 N–H and O–H groups in total. The van der Waals surface area contributed by atoms with Crippen LogP contribution in [0.1, 0.15) is 25.5 Å². The number of aromatic amines is 1. The molecule has 6 rings (SSSR count). The van der Waals surface area contributed by atoms with Crippen molar-refractivity contribution in [2.45, 2.75) is 50.0 Å². The Morgan fingerprint density at radius 1 is 1.12 bits per heavy atom. The van der Waals surface area contributed by atoms with Crippen LogP contribution in [0.15, 0.2) is 23.4 Å². The number of aromatic nitrogens is 5. The fraction of sp³-hybridized carbons (Fsp3) is 0.500. The highest BCUT2D eigenvalue weighted by Gasteiger charge is 2.42. The van der Waals surface area contributed by atoms with Gasteiger partial charge in [-0.05, 0) is 42.5 Å². The van der Waals surface area contributed by atoms with Gasteiger partial charge in [0.25, 0.3) is 5.56 Å². The van der Waals surface area contributed by atoms with Crippen molar-refractivity contribution in [1.82, 2.24) is 30.0 Å².